The van der Waals surface area contributed by atoms with Crippen LogP contribution in [0.1, 0.15) is 39.8 Å². The van der Waals surface area contributed by atoms with E-state index >= 15 is 0 Å². The number of hydrogen-bond donors (Lipinski definition) is 2. The normalized spacial score (nSPS) is 13.0. The molecule has 0 aliphatic carbocycles. The molecule has 0 saturated heterocycles. The Morgan fingerprint density at radius 3 is 2.75 bits per heavy atom. The highest BCUT2D eigenvalue weighted by Gasteiger charge is 2.23. The predicted octanol–water partition coefficient (Wildman–Crippen LogP) is 2.56. The molecule has 0 saturated carbocycles. The zero-order chi connectivity index (χ0) is 15.3. The summed E-state index contributed by atoms with van der Waals surface area (Å²) in [5, 5.41) is 13.1. The molecule has 0 fully saturated rings. The van der Waals surface area contributed by atoms with Crippen molar-refractivity contribution >= 4 is 35.0 Å². The van der Waals surface area contributed by atoms with Crippen LogP contribution in [0.3, 0.4) is 0 Å². The lowest BCUT2D eigenvalue weighted by molar-refractivity contribution is -0.136. The van der Waals surface area contributed by atoms with E-state index in [0.29, 0.717) is 5.69 Å². The first kappa shape index (κ1) is 17.0. The van der Waals surface area contributed by atoms with E-state index in [9.17, 15) is 9.59 Å². The smallest absolute Gasteiger partial charge is 0.309 e. The molecule has 1 aromatic heterocycles. The molecular weight excluding hydrogens is 296 g/mol. The second-order valence-corrected chi connectivity index (χ2v) is 7.61. The van der Waals surface area contributed by atoms with Crippen LogP contribution in [0.15, 0.2) is 9.72 Å². The van der Waals surface area contributed by atoms with Crippen molar-refractivity contribution in [3.05, 3.63) is 11.1 Å². The molecule has 0 spiro atoms. The van der Waals surface area contributed by atoms with Gasteiger partial charge in [0.1, 0.15) is 0 Å². The summed E-state index contributed by atoms with van der Waals surface area (Å²) in [5.74, 6) is -0.931. The van der Waals surface area contributed by atoms with Gasteiger partial charge in [-0.05, 0) is 27.2 Å². The fourth-order valence-corrected chi connectivity index (χ4v) is 3.29. The molecule has 0 aliphatic heterocycles. The van der Waals surface area contributed by atoms with Crippen LogP contribution in [0.25, 0.3) is 0 Å². The molecule has 112 valence electrons. The Labute approximate surface area is 127 Å². The Bertz CT molecular complexity index is 486. The minimum atomic E-state index is -0.901. The zero-order valence-electron chi connectivity index (χ0n) is 12.1. The van der Waals surface area contributed by atoms with Crippen LogP contribution >= 0.6 is 23.1 Å². The number of carbonyl (C=O) groups excluding carboxylic acids is 1. The number of aromatic nitrogens is 1. The lowest BCUT2D eigenvalue weighted by atomic mass is 10.0. The number of nitrogens with one attached hydrogen (secondary N) is 1. The van der Waals surface area contributed by atoms with Gasteiger partial charge >= 0.3 is 5.97 Å². The summed E-state index contributed by atoms with van der Waals surface area (Å²) in [7, 11) is 0. The minimum absolute atomic E-state index is 0.0307. The Morgan fingerprint density at radius 2 is 2.20 bits per heavy atom. The van der Waals surface area contributed by atoms with Gasteiger partial charge in [0.15, 0.2) is 4.34 Å². The van der Waals surface area contributed by atoms with Gasteiger partial charge in [-0.1, -0.05) is 18.7 Å². The maximum atomic E-state index is 12.1. The van der Waals surface area contributed by atoms with E-state index in [1.165, 1.54) is 23.1 Å². The van der Waals surface area contributed by atoms with Crippen molar-refractivity contribution in [1.82, 2.24) is 10.3 Å². The highest BCUT2D eigenvalue weighted by atomic mass is 32.2. The standard InChI is InChI=1S/C13H20N2O3S2/c1-5-13(3,4)15-11(18)8(2)20-12-14-9(7-19-12)6-10(16)17/h7-8H,5-6H2,1-4H3,(H,15,18)(H,16,17). The molecule has 7 heteroatoms. The number of thioether (sulfide) groups is 1. The lowest BCUT2D eigenvalue weighted by Gasteiger charge is -2.26. The summed E-state index contributed by atoms with van der Waals surface area (Å²) < 4.78 is 0.721. The summed E-state index contributed by atoms with van der Waals surface area (Å²) in [6.07, 6.45) is 0.774. The first-order valence-corrected chi connectivity index (χ1v) is 8.14. The molecule has 1 amide bonds. The number of nitrogens with zero attached hydrogens (tertiary/aromatic N) is 1. The van der Waals surface area contributed by atoms with Gasteiger partial charge < -0.3 is 10.4 Å². The lowest BCUT2D eigenvalue weighted by Crippen LogP contribution is -2.46. The van der Waals surface area contributed by atoms with Gasteiger partial charge in [0.25, 0.3) is 0 Å². The molecule has 0 radical (unpaired) electrons. The van der Waals surface area contributed by atoms with Crippen LogP contribution in [0.2, 0.25) is 0 Å². The first-order chi connectivity index (χ1) is 9.23. The zero-order valence-corrected chi connectivity index (χ0v) is 13.7. The monoisotopic (exact) mass is 316 g/mol. The van der Waals surface area contributed by atoms with E-state index in [4.69, 9.17) is 5.11 Å². The third kappa shape index (κ3) is 5.50. The Balaban J connectivity index is 2.57. The number of thiazole rings is 1. The molecule has 0 aromatic carbocycles. The number of hydrogen-bond acceptors (Lipinski definition) is 5. The Kier molecular flexibility index (Phi) is 6.01. The summed E-state index contributed by atoms with van der Waals surface area (Å²) in [5.41, 5.74) is 0.315. The summed E-state index contributed by atoms with van der Waals surface area (Å²) >= 11 is 2.72. The third-order valence-corrected chi connectivity index (χ3v) is 4.98. The SMILES string of the molecule is CCC(C)(C)NC(=O)C(C)Sc1nc(CC(=O)O)cs1. The first-order valence-electron chi connectivity index (χ1n) is 6.38. The van der Waals surface area contributed by atoms with Crippen molar-refractivity contribution in [1.29, 1.82) is 0 Å². The average molecular weight is 316 g/mol. The molecule has 1 atom stereocenters. The highest BCUT2D eigenvalue weighted by molar-refractivity contribution is 8.02. The van der Waals surface area contributed by atoms with E-state index in [0.717, 1.165) is 10.8 Å². The van der Waals surface area contributed by atoms with Crippen molar-refractivity contribution in [3.8, 4) is 0 Å². The Morgan fingerprint density at radius 1 is 1.55 bits per heavy atom. The second-order valence-electron chi connectivity index (χ2n) is 5.16. The quantitative estimate of drug-likeness (QED) is 0.756. The number of amides is 1. The van der Waals surface area contributed by atoms with Crippen LogP contribution < -0.4 is 5.32 Å². The van der Waals surface area contributed by atoms with Gasteiger partial charge in [0, 0.05) is 10.9 Å². The van der Waals surface area contributed by atoms with Crippen molar-refractivity contribution in [2.45, 2.75) is 55.7 Å². The van der Waals surface area contributed by atoms with E-state index in [1.54, 1.807) is 5.38 Å². The molecular formula is C13H20N2O3S2. The number of carbonyl (C=O) groups is 2. The molecule has 0 bridgehead atoms. The van der Waals surface area contributed by atoms with Gasteiger partial charge in [-0.25, -0.2) is 4.98 Å². The minimum Gasteiger partial charge on any atom is -0.481 e. The topological polar surface area (TPSA) is 79.3 Å². The van der Waals surface area contributed by atoms with Crippen molar-refractivity contribution < 1.29 is 14.7 Å². The molecule has 1 heterocycles. The van der Waals surface area contributed by atoms with Gasteiger partial charge in [0.2, 0.25) is 5.91 Å². The van der Waals surface area contributed by atoms with Crippen LogP contribution in [0, 0.1) is 0 Å². The van der Waals surface area contributed by atoms with E-state index < -0.39 is 5.97 Å². The maximum absolute atomic E-state index is 12.1. The molecule has 1 aromatic rings. The Hall–Kier alpha value is -1.08. The van der Waals surface area contributed by atoms with Crippen molar-refractivity contribution in [3.63, 3.8) is 0 Å². The van der Waals surface area contributed by atoms with Crippen LogP contribution in [0.4, 0.5) is 0 Å². The largest absolute Gasteiger partial charge is 0.481 e. The molecule has 2 N–H and O–H groups in total. The third-order valence-electron chi connectivity index (χ3n) is 2.86. The predicted molar refractivity (Wildman–Crippen MR) is 81.3 cm³/mol. The van der Waals surface area contributed by atoms with Gasteiger partial charge in [-0.15, -0.1) is 11.3 Å². The molecule has 1 unspecified atom stereocenters. The van der Waals surface area contributed by atoms with Crippen molar-refractivity contribution in [2.24, 2.45) is 0 Å². The van der Waals surface area contributed by atoms with E-state index in [-0.39, 0.29) is 23.1 Å². The number of carboxylic acid groups (broad SMARTS) is 1. The molecule has 20 heavy (non-hydrogen) atoms. The van der Waals surface area contributed by atoms with Crippen molar-refractivity contribution in [2.75, 3.05) is 0 Å². The molecule has 0 aliphatic rings. The van der Waals surface area contributed by atoms with Gasteiger partial charge in [-0.2, -0.15) is 0 Å². The van der Waals surface area contributed by atoms with Crippen LogP contribution in [-0.2, 0) is 16.0 Å². The summed E-state index contributed by atoms with van der Waals surface area (Å²) in [6.45, 7) is 7.81. The van der Waals surface area contributed by atoms with E-state index in [2.05, 4.69) is 10.3 Å². The maximum Gasteiger partial charge on any atom is 0.309 e. The fraction of sp³-hybridized carbons (Fsp3) is 0.615. The highest BCUT2D eigenvalue weighted by Crippen LogP contribution is 2.27. The second kappa shape index (κ2) is 7.08. The van der Waals surface area contributed by atoms with Crippen LogP contribution in [0.5, 0.6) is 0 Å². The number of carboxylic acids is 1. The molecule has 5 nitrogen and oxygen atoms in total. The number of rotatable bonds is 7. The van der Waals surface area contributed by atoms with Gasteiger partial charge in [0.05, 0.1) is 17.4 Å². The number of aliphatic carboxylic acids is 1. The van der Waals surface area contributed by atoms with Crippen LogP contribution in [-0.4, -0.2) is 32.8 Å². The fourth-order valence-electron chi connectivity index (χ4n) is 1.31. The van der Waals surface area contributed by atoms with E-state index in [1.807, 2.05) is 27.7 Å². The summed E-state index contributed by atoms with van der Waals surface area (Å²) in [4.78, 5) is 26.9. The average Bonchev–Trinajstić information content (AvgIpc) is 2.75. The summed E-state index contributed by atoms with van der Waals surface area (Å²) in [6, 6.07) is 0. The van der Waals surface area contributed by atoms with Gasteiger partial charge in [-0.3, -0.25) is 9.59 Å². The molecule has 1 rings (SSSR count).